The molecule has 0 amide bonds. The van der Waals surface area contributed by atoms with Gasteiger partial charge in [-0.3, -0.25) is 0 Å². The molecule has 0 fully saturated rings. The minimum Gasteiger partial charge on any atom is -0.462 e. The molecule has 1 aromatic carbocycles. The first-order valence-electron chi connectivity index (χ1n) is 4.59. The average molecular weight is 266 g/mol. The van der Waals surface area contributed by atoms with Crippen molar-refractivity contribution in [3.8, 4) is 0 Å². The van der Waals surface area contributed by atoms with Gasteiger partial charge in [-0.05, 0) is 12.5 Å². The Hall–Kier alpha value is -1.00. The lowest BCUT2D eigenvalue weighted by Gasteiger charge is -2.09. The van der Waals surface area contributed by atoms with E-state index in [1.807, 2.05) is 6.92 Å². The summed E-state index contributed by atoms with van der Waals surface area (Å²) in [6.45, 7) is 2.06. The highest BCUT2D eigenvalue weighted by atomic mass is 35.5. The van der Waals surface area contributed by atoms with Crippen molar-refractivity contribution in [2.24, 2.45) is 0 Å². The van der Waals surface area contributed by atoms with E-state index in [0.29, 0.717) is 6.42 Å². The maximum atomic E-state index is 13.3. The van der Waals surface area contributed by atoms with Gasteiger partial charge in [0.05, 0.1) is 16.7 Å². The minimum absolute atomic E-state index is 0.00231. The van der Waals surface area contributed by atoms with E-state index in [4.69, 9.17) is 33.7 Å². The summed E-state index contributed by atoms with van der Waals surface area (Å²) in [6, 6.07) is 1.13. The smallest absolute Gasteiger partial charge is 0.341 e. The third kappa shape index (κ3) is 2.57. The molecule has 0 radical (unpaired) electrons. The summed E-state index contributed by atoms with van der Waals surface area (Å²) in [6.07, 6.45) is 0.652. The number of hydrogen-bond donors (Lipinski definition) is 1. The fourth-order valence-electron chi connectivity index (χ4n) is 1.09. The van der Waals surface area contributed by atoms with Crippen LogP contribution in [0.2, 0.25) is 10.0 Å². The minimum atomic E-state index is -0.874. The Balaban J connectivity index is 3.13. The van der Waals surface area contributed by atoms with E-state index >= 15 is 0 Å². The highest BCUT2D eigenvalue weighted by Crippen LogP contribution is 2.31. The molecule has 3 nitrogen and oxygen atoms in total. The van der Waals surface area contributed by atoms with Crippen LogP contribution < -0.4 is 5.73 Å². The van der Waals surface area contributed by atoms with Crippen LogP contribution in [0.4, 0.5) is 10.1 Å². The van der Waals surface area contributed by atoms with Crippen LogP contribution in [0.1, 0.15) is 23.7 Å². The van der Waals surface area contributed by atoms with Gasteiger partial charge in [0.15, 0.2) is 5.82 Å². The standard InChI is InChI=1S/C10H10Cl2FNO2/c1-2-3-16-10(15)7-6(14)4-5(11)9(13)8(7)12/h4H,2-3,14H2,1H3. The first-order valence-corrected chi connectivity index (χ1v) is 5.34. The predicted octanol–water partition coefficient (Wildman–Crippen LogP) is 3.28. The number of anilines is 1. The zero-order valence-corrected chi connectivity index (χ0v) is 10.0. The van der Waals surface area contributed by atoms with Crippen molar-refractivity contribution in [2.45, 2.75) is 13.3 Å². The summed E-state index contributed by atoms with van der Waals surface area (Å²) in [5, 5.41) is -0.638. The van der Waals surface area contributed by atoms with Crippen LogP contribution in [0.3, 0.4) is 0 Å². The molecule has 2 N–H and O–H groups in total. The summed E-state index contributed by atoms with van der Waals surface area (Å²) in [4.78, 5) is 11.5. The number of ether oxygens (including phenoxy) is 1. The van der Waals surface area contributed by atoms with Crippen molar-refractivity contribution in [3.05, 3.63) is 27.5 Å². The van der Waals surface area contributed by atoms with Crippen molar-refractivity contribution < 1.29 is 13.9 Å². The van der Waals surface area contributed by atoms with Gasteiger partial charge in [0.1, 0.15) is 5.56 Å². The van der Waals surface area contributed by atoms with Crippen molar-refractivity contribution in [2.75, 3.05) is 12.3 Å². The predicted molar refractivity (Wildman–Crippen MR) is 61.4 cm³/mol. The van der Waals surface area contributed by atoms with Crippen molar-refractivity contribution in [1.82, 2.24) is 0 Å². The number of esters is 1. The molecule has 6 heteroatoms. The molecular formula is C10H10Cl2FNO2. The van der Waals surface area contributed by atoms with Gasteiger partial charge in [-0.25, -0.2) is 9.18 Å². The van der Waals surface area contributed by atoms with E-state index in [1.165, 1.54) is 0 Å². The second-order valence-corrected chi connectivity index (χ2v) is 3.87. The lowest BCUT2D eigenvalue weighted by molar-refractivity contribution is 0.0506. The number of carbonyl (C=O) groups excluding carboxylic acids is 1. The Bertz CT molecular complexity index is 424. The zero-order chi connectivity index (χ0) is 12.3. The van der Waals surface area contributed by atoms with E-state index < -0.39 is 16.8 Å². The molecule has 0 atom stereocenters. The molecule has 0 aliphatic carbocycles. The Morgan fingerprint density at radius 3 is 2.75 bits per heavy atom. The maximum Gasteiger partial charge on any atom is 0.341 e. The first kappa shape index (κ1) is 13.1. The van der Waals surface area contributed by atoms with E-state index in [-0.39, 0.29) is 22.9 Å². The Morgan fingerprint density at radius 2 is 2.19 bits per heavy atom. The number of hydrogen-bond acceptors (Lipinski definition) is 3. The lowest BCUT2D eigenvalue weighted by Crippen LogP contribution is -2.10. The number of carbonyl (C=O) groups is 1. The van der Waals surface area contributed by atoms with Gasteiger partial charge in [-0.15, -0.1) is 0 Å². The Labute approximate surface area is 102 Å². The SMILES string of the molecule is CCCOC(=O)c1c(N)cc(Cl)c(F)c1Cl. The number of nitrogen functional groups attached to an aromatic ring is 1. The Morgan fingerprint density at radius 1 is 1.56 bits per heavy atom. The molecule has 0 aromatic heterocycles. The molecule has 0 bridgehead atoms. The molecular weight excluding hydrogens is 256 g/mol. The van der Waals surface area contributed by atoms with Gasteiger partial charge >= 0.3 is 5.97 Å². The molecule has 1 aromatic rings. The topological polar surface area (TPSA) is 52.3 Å². The van der Waals surface area contributed by atoms with Crippen LogP contribution in [0.25, 0.3) is 0 Å². The van der Waals surface area contributed by atoms with Gasteiger partial charge in [0, 0.05) is 5.69 Å². The third-order valence-electron chi connectivity index (χ3n) is 1.83. The molecule has 0 saturated carbocycles. The van der Waals surface area contributed by atoms with Gasteiger partial charge < -0.3 is 10.5 Å². The van der Waals surface area contributed by atoms with Gasteiger partial charge in [-0.1, -0.05) is 30.1 Å². The van der Waals surface area contributed by atoms with E-state index in [9.17, 15) is 9.18 Å². The average Bonchev–Trinajstić information content (AvgIpc) is 2.23. The summed E-state index contributed by atoms with van der Waals surface area (Å²) in [5.74, 6) is -1.62. The number of benzene rings is 1. The third-order valence-corrected chi connectivity index (χ3v) is 2.46. The number of rotatable bonds is 3. The van der Waals surface area contributed by atoms with Crippen molar-refractivity contribution >= 4 is 34.9 Å². The van der Waals surface area contributed by atoms with E-state index in [1.54, 1.807) is 0 Å². The lowest BCUT2D eigenvalue weighted by atomic mass is 10.1. The molecule has 0 unspecified atom stereocenters. The zero-order valence-electron chi connectivity index (χ0n) is 8.52. The second-order valence-electron chi connectivity index (χ2n) is 3.09. The number of nitrogens with two attached hydrogens (primary N) is 1. The largest absolute Gasteiger partial charge is 0.462 e. The molecule has 16 heavy (non-hydrogen) atoms. The summed E-state index contributed by atoms with van der Waals surface area (Å²) in [5.41, 5.74) is 5.34. The molecule has 0 aliphatic heterocycles. The molecule has 1 rings (SSSR count). The highest BCUT2D eigenvalue weighted by molar-refractivity contribution is 6.37. The van der Waals surface area contributed by atoms with Crippen molar-refractivity contribution in [3.63, 3.8) is 0 Å². The summed E-state index contributed by atoms with van der Waals surface area (Å²) in [7, 11) is 0. The first-order chi connectivity index (χ1) is 7.49. The normalized spacial score (nSPS) is 10.2. The molecule has 0 heterocycles. The highest BCUT2D eigenvalue weighted by Gasteiger charge is 2.21. The maximum absolute atomic E-state index is 13.3. The second kappa shape index (κ2) is 5.37. The fourth-order valence-corrected chi connectivity index (χ4v) is 1.64. The van der Waals surface area contributed by atoms with Crippen molar-refractivity contribution in [1.29, 1.82) is 0 Å². The molecule has 0 saturated heterocycles. The van der Waals surface area contributed by atoms with Crippen LogP contribution in [-0.2, 0) is 4.74 Å². The fraction of sp³-hybridized carbons (Fsp3) is 0.300. The van der Waals surface area contributed by atoms with Crippen LogP contribution >= 0.6 is 23.2 Å². The Kier molecular flexibility index (Phi) is 4.38. The van der Waals surface area contributed by atoms with Gasteiger partial charge in [-0.2, -0.15) is 0 Å². The van der Waals surface area contributed by atoms with Gasteiger partial charge in [0.25, 0.3) is 0 Å². The monoisotopic (exact) mass is 265 g/mol. The van der Waals surface area contributed by atoms with E-state index in [0.717, 1.165) is 6.07 Å². The van der Waals surface area contributed by atoms with Gasteiger partial charge in [0.2, 0.25) is 0 Å². The molecule has 0 aliphatic rings. The molecule has 0 spiro atoms. The molecule has 88 valence electrons. The van der Waals surface area contributed by atoms with Crippen LogP contribution in [-0.4, -0.2) is 12.6 Å². The quantitative estimate of drug-likeness (QED) is 0.519. The summed E-state index contributed by atoms with van der Waals surface area (Å²) >= 11 is 11.1. The van der Waals surface area contributed by atoms with Crippen LogP contribution in [0, 0.1) is 5.82 Å². The van der Waals surface area contributed by atoms with Crippen LogP contribution in [0.15, 0.2) is 6.07 Å². The summed E-state index contributed by atoms with van der Waals surface area (Å²) < 4.78 is 18.1. The van der Waals surface area contributed by atoms with E-state index in [2.05, 4.69) is 0 Å². The van der Waals surface area contributed by atoms with Crippen LogP contribution in [0.5, 0.6) is 0 Å². The number of halogens is 3.